The Morgan fingerprint density at radius 2 is 2.29 bits per heavy atom. The molecule has 0 aliphatic heterocycles. The molecule has 0 N–H and O–H groups in total. The number of nitrogens with zero attached hydrogens (tertiary/aromatic N) is 1. The van der Waals surface area contributed by atoms with Crippen molar-refractivity contribution in [3.05, 3.63) is 36.1 Å². The van der Waals surface area contributed by atoms with E-state index in [1.54, 1.807) is 6.08 Å². The summed E-state index contributed by atoms with van der Waals surface area (Å²) in [4.78, 5) is 4.35. The minimum atomic E-state index is 0.736. The smallest absolute Gasteiger partial charge is 0.192 e. The van der Waals surface area contributed by atoms with Gasteiger partial charge in [0.1, 0.15) is 0 Å². The number of hydrogen-bond acceptors (Lipinski definition) is 2. The van der Waals surface area contributed by atoms with E-state index in [9.17, 15) is 0 Å². The molecular formula is C12H17NO. The molecule has 0 aliphatic carbocycles. The fraction of sp³-hybridized carbons (Fsp3) is 0.417. The third-order valence-corrected chi connectivity index (χ3v) is 1.99. The molecule has 0 amide bonds. The fourth-order valence-electron chi connectivity index (χ4n) is 1.29. The molecular weight excluding hydrogens is 174 g/mol. The van der Waals surface area contributed by atoms with Crippen LogP contribution in [0.4, 0.5) is 0 Å². The average molecular weight is 191 g/mol. The second kappa shape index (κ2) is 5.43. The molecule has 0 aliphatic rings. The monoisotopic (exact) mass is 191 g/mol. The van der Waals surface area contributed by atoms with E-state index in [0.29, 0.717) is 0 Å². The number of aromatic nitrogens is 1. The number of oxazole rings is 1. The highest BCUT2D eigenvalue weighted by atomic mass is 16.4. The fourth-order valence-corrected chi connectivity index (χ4v) is 1.29. The van der Waals surface area contributed by atoms with Gasteiger partial charge in [-0.25, -0.2) is 4.98 Å². The molecule has 0 saturated carbocycles. The maximum Gasteiger partial charge on any atom is 0.192 e. The predicted octanol–water partition coefficient (Wildman–Crippen LogP) is 3.52. The van der Waals surface area contributed by atoms with Crippen LogP contribution in [0.2, 0.25) is 0 Å². The van der Waals surface area contributed by atoms with Crippen molar-refractivity contribution in [3.8, 4) is 0 Å². The quantitative estimate of drug-likeness (QED) is 0.665. The van der Waals surface area contributed by atoms with E-state index in [1.807, 2.05) is 19.1 Å². The zero-order chi connectivity index (χ0) is 10.4. The second-order valence-corrected chi connectivity index (χ2v) is 3.24. The molecule has 0 spiro atoms. The normalized spacial score (nSPS) is 11.0. The largest absolute Gasteiger partial charge is 0.441 e. The Morgan fingerprint density at radius 3 is 2.93 bits per heavy atom. The van der Waals surface area contributed by atoms with E-state index in [2.05, 4.69) is 18.5 Å². The molecule has 0 aromatic carbocycles. The number of rotatable bonds is 5. The van der Waals surface area contributed by atoms with Crippen LogP contribution in [0.25, 0.3) is 6.08 Å². The van der Waals surface area contributed by atoms with Gasteiger partial charge in [-0.3, -0.25) is 0 Å². The summed E-state index contributed by atoms with van der Waals surface area (Å²) in [5.74, 6) is 1.61. The van der Waals surface area contributed by atoms with Crippen molar-refractivity contribution < 1.29 is 4.42 Å². The third kappa shape index (κ3) is 2.87. The summed E-state index contributed by atoms with van der Waals surface area (Å²) in [6.45, 7) is 7.67. The van der Waals surface area contributed by atoms with Gasteiger partial charge in [0.25, 0.3) is 0 Å². The van der Waals surface area contributed by atoms with Crippen LogP contribution in [0.5, 0.6) is 0 Å². The second-order valence-electron chi connectivity index (χ2n) is 3.24. The maximum atomic E-state index is 5.47. The first-order valence-electron chi connectivity index (χ1n) is 5.03. The van der Waals surface area contributed by atoms with Gasteiger partial charge in [0.15, 0.2) is 11.7 Å². The van der Waals surface area contributed by atoms with Gasteiger partial charge in [0.05, 0.1) is 5.69 Å². The lowest BCUT2D eigenvalue weighted by molar-refractivity contribution is 0.511. The minimum absolute atomic E-state index is 0.736. The van der Waals surface area contributed by atoms with Crippen LogP contribution in [0.1, 0.15) is 37.1 Å². The van der Waals surface area contributed by atoms with Crippen LogP contribution in [-0.4, -0.2) is 4.98 Å². The van der Waals surface area contributed by atoms with Crippen molar-refractivity contribution >= 4 is 6.08 Å². The van der Waals surface area contributed by atoms with Gasteiger partial charge >= 0.3 is 0 Å². The van der Waals surface area contributed by atoms with Gasteiger partial charge < -0.3 is 4.42 Å². The Hall–Kier alpha value is -1.31. The topological polar surface area (TPSA) is 26.0 Å². The molecule has 0 bridgehead atoms. The van der Waals surface area contributed by atoms with Crippen molar-refractivity contribution in [1.82, 2.24) is 4.98 Å². The summed E-state index contributed by atoms with van der Waals surface area (Å²) >= 11 is 0. The van der Waals surface area contributed by atoms with Crippen LogP contribution in [0.3, 0.4) is 0 Å². The molecule has 14 heavy (non-hydrogen) atoms. The van der Waals surface area contributed by atoms with E-state index in [-0.39, 0.29) is 0 Å². The summed E-state index contributed by atoms with van der Waals surface area (Å²) in [5, 5.41) is 0. The van der Waals surface area contributed by atoms with E-state index >= 15 is 0 Å². The van der Waals surface area contributed by atoms with Crippen LogP contribution in [0, 0.1) is 6.92 Å². The maximum absolute atomic E-state index is 5.47. The minimum Gasteiger partial charge on any atom is -0.441 e. The van der Waals surface area contributed by atoms with Gasteiger partial charge in [0, 0.05) is 6.92 Å². The van der Waals surface area contributed by atoms with Crippen molar-refractivity contribution in [2.75, 3.05) is 0 Å². The summed E-state index contributed by atoms with van der Waals surface area (Å²) < 4.78 is 5.47. The zero-order valence-corrected chi connectivity index (χ0v) is 8.92. The molecule has 1 aromatic heterocycles. The number of hydrogen-bond donors (Lipinski definition) is 0. The molecule has 1 heterocycles. The predicted molar refractivity (Wildman–Crippen MR) is 59.1 cm³/mol. The number of aryl methyl sites for hydroxylation is 2. The molecule has 2 heteroatoms. The summed E-state index contributed by atoms with van der Waals surface area (Å²) in [7, 11) is 0. The summed E-state index contributed by atoms with van der Waals surface area (Å²) in [5.41, 5.74) is 1.06. The Kier molecular flexibility index (Phi) is 4.17. The van der Waals surface area contributed by atoms with Crippen LogP contribution < -0.4 is 0 Å². The zero-order valence-electron chi connectivity index (χ0n) is 8.92. The van der Waals surface area contributed by atoms with Crippen molar-refractivity contribution in [3.63, 3.8) is 0 Å². The SMILES string of the molecule is C=CC=Cc1oc(C)nc1CCCC. The first kappa shape index (κ1) is 10.8. The molecule has 0 unspecified atom stereocenters. The molecule has 0 radical (unpaired) electrons. The lowest BCUT2D eigenvalue weighted by Crippen LogP contribution is -1.87. The highest BCUT2D eigenvalue weighted by molar-refractivity contribution is 5.47. The van der Waals surface area contributed by atoms with Crippen molar-refractivity contribution in [2.24, 2.45) is 0 Å². The van der Waals surface area contributed by atoms with Gasteiger partial charge in [-0.15, -0.1) is 0 Å². The van der Waals surface area contributed by atoms with E-state index < -0.39 is 0 Å². The molecule has 1 rings (SSSR count). The Morgan fingerprint density at radius 1 is 1.50 bits per heavy atom. The van der Waals surface area contributed by atoms with Crippen molar-refractivity contribution in [1.29, 1.82) is 0 Å². The average Bonchev–Trinajstić information content (AvgIpc) is 2.52. The Labute approximate surface area is 85.4 Å². The third-order valence-electron chi connectivity index (χ3n) is 1.99. The van der Waals surface area contributed by atoms with Gasteiger partial charge in [-0.05, 0) is 18.9 Å². The van der Waals surface area contributed by atoms with Gasteiger partial charge in [0.2, 0.25) is 0 Å². The molecule has 0 fully saturated rings. The molecule has 0 saturated heterocycles. The summed E-state index contributed by atoms with van der Waals surface area (Å²) in [6.07, 6.45) is 8.84. The Bertz CT molecular complexity index is 323. The number of allylic oxidation sites excluding steroid dienone is 2. The highest BCUT2D eigenvalue weighted by Crippen LogP contribution is 2.15. The highest BCUT2D eigenvalue weighted by Gasteiger charge is 2.06. The molecule has 1 aromatic rings. The van der Waals surface area contributed by atoms with Gasteiger partial charge in [-0.2, -0.15) is 0 Å². The lowest BCUT2D eigenvalue weighted by Gasteiger charge is -1.93. The van der Waals surface area contributed by atoms with Gasteiger partial charge in [-0.1, -0.05) is 32.1 Å². The van der Waals surface area contributed by atoms with Crippen LogP contribution >= 0.6 is 0 Å². The van der Waals surface area contributed by atoms with E-state index in [4.69, 9.17) is 4.42 Å². The first-order chi connectivity index (χ1) is 6.77. The molecule has 76 valence electrons. The van der Waals surface area contributed by atoms with E-state index in [0.717, 1.165) is 30.2 Å². The van der Waals surface area contributed by atoms with E-state index in [1.165, 1.54) is 6.42 Å². The Balaban J connectivity index is 2.79. The standard InChI is InChI=1S/C12H17NO/c1-4-6-8-11-12(9-7-5-2)14-10(3)13-11/h5,7,9H,2,4,6,8H2,1,3H3. The van der Waals surface area contributed by atoms with Crippen molar-refractivity contribution in [2.45, 2.75) is 33.1 Å². The van der Waals surface area contributed by atoms with Crippen LogP contribution in [0.15, 0.2) is 23.1 Å². The summed E-state index contributed by atoms with van der Waals surface area (Å²) in [6, 6.07) is 0. The van der Waals surface area contributed by atoms with Crippen LogP contribution in [-0.2, 0) is 6.42 Å². The lowest BCUT2D eigenvalue weighted by atomic mass is 10.2. The first-order valence-corrected chi connectivity index (χ1v) is 5.03. The molecule has 2 nitrogen and oxygen atoms in total. The number of unbranched alkanes of at least 4 members (excludes halogenated alkanes) is 1. The molecule has 0 atom stereocenters.